The van der Waals surface area contributed by atoms with Gasteiger partial charge in [0.05, 0.1) is 0 Å². The number of alkyl halides is 6. The van der Waals surface area contributed by atoms with Gasteiger partial charge in [0.25, 0.3) is 0 Å². The van der Waals surface area contributed by atoms with Gasteiger partial charge in [0, 0.05) is 19.6 Å². The van der Waals surface area contributed by atoms with E-state index in [2.05, 4.69) is 5.32 Å². The first-order valence-corrected chi connectivity index (χ1v) is 7.73. The van der Waals surface area contributed by atoms with E-state index in [9.17, 15) is 31.1 Å². The highest BCUT2D eigenvalue weighted by Crippen LogP contribution is 2.55. The Labute approximate surface area is 130 Å². The lowest BCUT2D eigenvalue weighted by molar-refractivity contribution is -0.334. The molecule has 23 heavy (non-hydrogen) atoms. The molecule has 2 rings (SSSR count). The van der Waals surface area contributed by atoms with E-state index in [1.807, 2.05) is 0 Å². The number of halogens is 6. The van der Waals surface area contributed by atoms with Crippen LogP contribution in [-0.2, 0) is 0 Å². The van der Waals surface area contributed by atoms with E-state index in [0.29, 0.717) is 17.2 Å². The summed E-state index contributed by atoms with van der Waals surface area (Å²) in [5.41, 5.74) is -3.82. The molecule has 0 aromatic carbocycles. The molecule has 1 saturated heterocycles. The van der Waals surface area contributed by atoms with Crippen molar-refractivity contribution in [1.82, 2.24) is 10.2 Å². The Kier molecular flexibility index (Phi) is 5.06. The molecule has 2 fully saturated rings. The summed E-state index contributed by atoms with van der Waals surface area (Å²) in [4.78, 5) is 12.5. The van der Waals surface area contributed by atoms with E-state index in [1.165, 1.54) is 0 Å². The first kappa shape index (κ1) is 18.2. The zero-order valence-electron chi connectivity index (χ0n) is 12.6. The fraction of sp³-hybridized carbons (Fsp3) is 0.929. The summed E-state index contributed by atoms with van der Waals surface area (Å²) in [6.45, 7) is -1.63. The molecule has 1 N–H and O–H groups in total. The van der Waals surface area contributed by atoms with Crippen molar-refractivity contribution in [3.05, 3.63) is 0 Å². The van der Waals surface area contributed by atoms with Gasteiger partial charge in [-0.05, 0) is 18.8 Å². The molecule has 0 radical (unpaired) electrons. The second kappa shape index (κ2) is 6.39. The van der Waals surface area contributed by atoms with Crippen LogP contribution in [0.2, 0.25) is 0 Å². The third-order valence-corrected chi connectivity index (χ3v) is 4.95. The highest BCUT2D eigenvalue weighted by Gasteiger charge is 2.72. The van der Waals surface area contributed by atoms with E-state index in [1.54, 1.807) is 0 Å². The molecule has 0 aromatic rings. The lowest BCUT2D eigenvalue weighted by Crippen LogP contribution is -2.53. The standard InChI is InChI=1S/C14H20F6N2O/c15-13(16,17)12(14(18,19)20)6-8-22(9-12)11(23)21-7-5-10-3-1-2-4-10/h10H,1-9H2,(H,21,23). The fourth-order valence-corrected chi connectivity index (χ4v) is 3.40. The van der Waals surface area contributed by atoms with Crippen molar-refractivity contribution in [3.63, 3.8) is 0 Å². The topological polar surface area (TPSA) is 32.3 Å². The maximum Gasteiger partial charge on any atom is 0.404 e. The molecule has 2 amide bonds. The van der Waals surface area contributed by atoms with Gasteiger partial charge in [-0.15, -0.1) is 0 Å². The minimum Gasteiger partial charge on any atom is -0.338 e. The molecule has 9 heteroatoms. The third kappa shape index (κ3) is 3.68. The Bertz CT molecular complexity index is 414. The minimum absolute atomic E-state index is 0.283. The second-order valence-electron chi connectivity index (χ2n) is 6.42. The second-order valence-corrected chi connectivity index (χ2v) is 6.42. The molecular formula is C14H20F6N2O. The van der Waals surface area contributed by atoms with Crippen molar-refractivity contribution in [2.24, 2.45) is 11.3 Å². The molecule has 2 aliphatic rings. The van der Waals surface area contributed by atoms with Crippen LogP contribution >= 0.6 is 0 Å². The van der Waals surface area contributed by atoms with Crippen molar-refractivity contribution < 1.29 is 31.1 Å². The summed E-state index contributed by atoms with van der Waals surface area (Å²) in [7, 11) is 0. The average molecular weight is 346 g/mol. The largest absolute Gasteiger partial charge is 0.404 e. The van der Waals surface area contributed by atoms with Crippen LogP contribution in [0.15, 0.2) is 0 Å². The molecule has 0 aromatic heterocycles. The van der Waals surface area contributed by atoms with Crippen LogP contribution in [0, 0.1) is 11.3 Å². The van der Waals surface area contributed by atoms with Crippen LogP contribution in [0.25, 0.3) is 0 Å². The first-order valence-electron chi connectivity index (χ1n) is 7.73. The Hall–Kier alpha value is -1.15. The lowest BCUT2D eigenvalue weighted by atomic mass is 9.85. The van der Waals surface area contributed by atoms with Crippen molar-refractivity contribution in [2.75, 3.05) is 19.6 Å². The van der Waals surface area contributed by atoms with E-state index < -0.39 is 43.3 Å². The predicted octanol–water partition coefficient (Wildman–Crippen LogP) is 4.09. The van der Waals surface area contributed by atoms with Crippen LogP contribution in [0.3, 0.4) is 0 Å². The molecule has 1 aliphatic carbocycles. The van der Waals surface area contributed by atoms with Crippen LogP contribution in [0.4, 0.5) is 31.1 Å². The van der Waals surface area contributed by atoms with Gasteiger partial charge in [-0.1, -0.05) is 25.7 Å². The summed E-state index contributed by atoms with van der Waals surface area (Å²) in [5.74, 6) is 0.485. The number of hydrogen-bond donors (Lipinski definition) is 1. The Morgan fingerprint density at radius 3 is 2.13 bits per heavy atom. The Morgan fingerprint density at radius 2 is 1.65 bits per heavy atom. The molecule has 1 heterocycles. The molecule has 0 bridgehead atoms. The number of nitrogens with one attached hydrogen (secondary N) is 1. The summed E-state index contributed by atoms with van der Waals surface area (Å²) in [6, 6.07) is -0.849. The normalized spacial score (nSPS) is 22.6. The van der Waals surface area contributed by atoms with Gasteiger partial charge in [0.15, 0.2) is 5.41 Å². The zero-order chi connectivity index (χ0) is 17.3. The number of amides is 2. The van der Waals surface area contributed by atoms with E-state index in [4.69, 9.17) is 0 Å². The quantitative estimate of drug-likeness (QED) is 0.767. The first-order chi connectivity index (χ1) is 10.6. The highest BCUT2D eigenvalue weighted by atomic mass is 19.4. The van der Waals surface area contributed by atoms with Crippen molar-refractivity contribution in [2.45, 2.75) is 50.9 Å². The number of nitrogens with zero attached hydrogens (tertiary/aromatic N) is 1. The molecule has 1 aliphatic heterocycles. The van der Waals surface area contributed by atoms with Crippen LogP contribution < -0.4 is 5.32 Å². The van der Waals surface area contributed by atoms with Gasteiger partial charge in [-0.2, -0.15) is 26.3 Å². The molecule has 0 atom stereocenters. The van der Waals surface area contributed by atoms with Gasteiger partial charge in [-0.25, -0.2) is 4.79 Å². The summed E-state index contributed by atoms with van der Waals surface area (Å²) in [6.07, 6.45) is -6.90. The number of hydrogen-bond acceptors (Lipinski definition) is 1. The molecule has 1 saturated carbocycles. The Morgan fingerprint density at radius 1 is 1.09 bits per heavy atom. The zero-order valence-corrected chi connectivity index (χ0v) is 12.6. The molecular weight excluding hydrogens is 326 g/mol. The van der Waals surface area contributed by atoms with Gasteiger partial charge < -0.3 is 10.2 Å². The SMILES string of the molecule is O=C(NCCC1CCCC1)N1CCC(C(F)(F)F)(C(F)(F)F)C1. The third-order valence-electron chi connectivity index (χ3n) is 4.95. The number of urea groups is 1. The van der Waals surface area contributed by atoms with Crippen molar-refractivity contribution in [1.29, 1.82) is 0 Å². The predicted molar refractivity (Wildman–Crippen MR) is 70.7 cm³/mol. The van der Waals surface area contributed by atoms with Gasteiger partial charge in [0.1, 0.15) is 0 Å². The summed E-state index contributed by atoms with van der Waals surface area (Å²) >= 11 is 0. The van der Waals surface area contributed by atoms with Crippen LogP contribution in [0.1, 0.15) is 38.5 Å². The highest BCUT2D eigenvalue weighted by molar-refractivity contribution is 5.74. The summed E-state index contributed by atoms with van der Waals surface area (Å²) in [5, 5.41) is 2.44. The molecule has 0 unspecified atom stereocenters. The molecule has 0 spiro atoms. The number of carbonyl (C=O) groups is 1. The van der Waals surface area contributed by atoms with Crippen LogP contribution in [0.5, 0.6) is 0 Å². The van der Waals surface area contributed by atoms with Crippen LogP contribution in [-0.4, -0.2) is 42.9 Å². The Balaban J connectivity index is 1.90. The number of likely N-dealkylation sites (tertiary alicyclic amines) is 1. The maximum atomic E-state index is 12.9. The fourth-order valence-electron chi connectivity index (χ4n) is 3.40. The minimum atomic E-state index is -5.43. The summed E-state index contributed by atoms with van der Waals surface area (Å²) < 4.78 is 77.6. The smallest absolute Gasteiger partial charge is 0.338 e. The van der Waals surface area contributed by atoms with E-state index >= 15 is 0 Å². The van der Waals surface area contributed by atoms with Crippen molar-refractivity contribution in [3.8, 4) is 0 Å². The number of carbonyl (C=O) groups excluding carboxylic acids is 1. The van der Waals surface area contributed by atoms with Gasteiger partial charge in [-0.3, -0.25) is 0 Å². The van der Waals surface area contributed by atoms with Gasteiger partial charge >= 0.3 is 18.4 Å². The lowest BCUT2D eigenvalue weighted by Gasteiger charge is -2.33. The van der Waals surface area contributed by atoms with E-state index in [-0.39, 0.29) is 6.54 Å². The van der Waals surface area contributed by atoms with E-state index in [0.717, 1.165) is 25.7 Å². The number of rotatable bonds is 3. The van der Waals surface area contributed by atoms with Crippen molar-refractivity contribution >= 4 is 6.03 Å². The maximum absolute atomic E-state index is 12.9. The molecule has 3 nitrogen and oxygen atoms in total. The monoisotopic (exact) mass is 346 g/mol. The average Bonchev–Trinajstić information content (AvgIpc) is 3.06. The molecule has 134 valence electrons. The van der Waals surface area contributed by atoms with Gasteiger partial charge in [0.2, 0.25) is 0 Å².